The molecule has 0 bridgehead atoms. The van der Waals surface area contributed by atoms with E-state index >= 15 is 0 Å². The maximum Gasteiger partial charge on any atom is 0.452 e. The summed E-state index contributed by atoms with van der Waals surface area (Å²) in [4.78, 5) is 22.5. The van der Waals surface area contributed by atoms with E-state index in [4.69, 9.17) is 9.15 Å². The van der Waals surface area contributed by atoms with E-state index in [1.807, 2.05) is 18.9 Å². The Bertz CT molecular complexity index is 1020. The minimum atomic E-state index is -4.88. The zero-order valence-electron chi connectivity index (χ0n) is 17.1. The molecule has 1 amide bonds. The summed E-state index contributed by atoms with van der Waals surface area (Å²) in [6.07, 6.45) is -3.52. The summed E-state index contributed by atoms with van der Waals surface area (Å²) in [6, 6.07) is 11.3. The summed E-state index contributed by atoms with van der Waals surface area (Å²) >= 11 is 0. The number of nitrogens with one attached hydrogen (secondary N) is 1. The second kappa shape index (κ2) is 9.17. The number of likely N-dealkylation sites (N-methyl/N-ethyl adjacent to an activating group) is 1. The number of hydrogen-bond acceptors (Lipinski definition) is 6. The van der Waals surface area contributed by atoms with Gasteiger partial charge in [0.1, 0.15) is 5.82 Å². The topological polar surface area (TPSA) is 80.5 Å². The molecule has 0 spiro atoms. The quantitative estimate of drug-likeness (QED) is 0.591. The third-order valence-electron chi connectivity index (χ3n) is 4.56. The normalized spacial score (nSPS) is 12.5. The van der Waals surface area contributed by atoms with E-state index in [1.165, 1.54) is 18.3 Å². The number of methoxy groups -OCH3 is 1. The Morgan fingerprint density at radius 2 is 1.94 bits per heavy atom. The van der Waals surface area contributed by atoms with E-state index in [2.05, 4.69) is 15.3 Å². The van der Waals surface area contributed by atoms with Crippen molar-refractivity contribution in [3.05, 3.63) is 60.1 Å². The van der Waals surface area contributed by atoms with Gasteiger partial charge in [-0.25, -0.2) is 9.97 Å². The van der Waals surface area contributed by atoms with Crippen molar-refractivity contribution in [3.63, 3.8) is 0 Å². The molecule has 164 valence electrons. The van der Waals surface area contributed by atoms with Gasteiger partial charge in [-0.1, -0.05) is 18.2 Å². The molecular weight excluding hydrogens is 413 g/mol. The zero-order chi connectivity index (χ0) is 22.6. The summed E-state index contributed by atoms with van der Waals surface area (Å²) in [5, 5.41) is 2.39. The Hall–Kier alpha value is -3.40. The average molecular weight is 434 g/mol. The molecule has 3 rings (SSSR count). The first-order valence-electron chi connectivity index (χ1n) is 9.33. The molecule has 3 aromatic rings. The van der Waals surface area contributed by atoms with Crippen LogP contribution in [-0.4, -0.2) is 42.7 Å². The van der Waals surface area contributed by atoms with Gasteiger partial charge in [0, 0.05) is 19.7 Å². The summed E-state index contributed by atoms with van der Waals surface area (Å²) in [5.41, 5.74) is -0.300. The van der Waals surface area contributed by atoms with Gasteiger partial charge in [-0.05, 0) is 31.2 Å². The molecule has 31 heavy (non-hydrogen) atoms. The van der Waals surface area contributed by atoms with Crippen molar-refractivity contribution in [2.24, 2.45) is 0 Å². The number of rotatable bonds is 7. The predicted octanol–water partition coefficient (Wildman–Crippen LogP) is 4.48. The van der Waals surface area contributed by atoms with E-state index in [-0.39, 0.29) is 17.6 Å². The molecule has 1 unspecified atom stereocenters. The Morgan fingerprint density at radius 1 is 1.23 bits per heavy atom. The number of aromatic nitrogens is 2. The highest BCUT2D eigenvalue weighted by atomic mass is 19.4. The van der Waals surface area contributed by atoms with Gasteiger partial charge in [-0.2, -0.15) is 13.2 Å². The monoisotopic (exact) mass is 434 g/mol. The van der Waals surface area contributed by atoms with Crippen molar-refractivity contribution in [3.8, 4) is 11.5 Å². The van der Waals surface area contributed by atoms with Crippen molar-refractivity contribution < 1.29 is 27.1 Å². The summed E-state index contributed by atoms with van der Waals surface area (Å²) < 4.78 is 50.2. The third kappa shape index (κ3) is 5.21. The summed E-state index contributed by atoms with van der Waals surface area (Å²) in [6.45, 7) is 2.45. The fraction of sp³-hybridized carbons (Fsp3) is 0.286. The van der Waals surface area contributed by atoms with E-state index in [0.717, 1.165) is 0 Å². The van der Waals surface area contributed by atoms with Crippen LogP contribution in [0, 0.1) is 0 Å². The highest BCUT2D eigenvalue weighted by Gasteiger charge is 2.42. The number of alkyl halides is 3. The number of pyridine rings is 1. The lowest BCUT2D eigenvalue weighted by atomic mass is 10.2. The van der Waals surface area contributed by atoms with Gasteiger partial charge < -0.3 is 19.4 Å². The Balaban J connectivity index is 1.82. The molecule has 0 aliphatic carbocycles. The van der Waals surface area contributed by atoms with Gasteiger partial charge in [-0.15, -0.1) is 0 Å². The fourth-order valence-electron chi connectivity index (χ4n) is 2.81. The highest BCUT2D eigenvalue weighted by molar-refractivity contribution is 6.04. The molecule has 0 aliphatic rings. The smallest absolute Gasteiger partial charge is 0.431 e. The lowest BCUT2D eigenvalue weighted by molar-refractivity contribution is -0.153. The zero-order valence-corrected chi connectivity index (χ0v) is 17.1. The van der Waals surface area contributed by atoms with E-state index in [0.29, 0.717) is 18.0 Å². The number of nitrogens with zero attached hydrogens (tertiary/aromatic N) is 3. The molecule has 2 aromatic heterocycles. The maximum atomic E-state index is 13.4. The van der Waals surface area contributed by atoms with Crippen LogP contribution in [0.25, 0.3) is 11.5 Å². The van der Waals surface area contributed by atoms with Crippen LogP contribution in [0.5, 0.6) is 0 Å². The molecule has 0 saturated carbocycles. The third-order valence-corrected chi connectivity index (χ3v) is 4.56. The Labute approximate surface area is 176 Å². The molecule has 1 aromatic carbocycles. The van der Waals surface area contributed by atoms with Crippen molar-refractivity contribution in [1.29, 1.82) is 0 Å². The van der Waals surface area contributed by atoms with Crippen LogP contribution in [0.3, 0.4) is 0 Å². The number of halogens is 3. The minimum absolute atomic E-state index is 0.0545. The molecule has 0 saturated heterocycles. The second-order valence-electron chi connectivity index (χ2n) is 6.83. The first-order chi connectivity index (χ1) is 14.7. The van der Waals surface area contributed by atoms with Crippen LogP contribution in [0.15, 0.2) is 53.1 Å². The molecule has 2 heterocycles. The molecule has 0 fully saturated rings. The Morgan fingerprint density at radius 3 is 2.52 bits per heavy atom. The van der Waals surface area contributed by atoms with Gasteiger partial charge in [0.2, 0.25) is 11.7 Å². The number of anilines is 2. The van der Waals surface area contributed by atoms with Gasteiger partial charge in [0.25, 0.3) is 5.91 Å². The van der Waals surface area contributed by atoms with Crippen molar-refractivity contribution >= 4 is 17.4 Å². The molecule has 0 aliphatic heterocycles. The van der Waals surface area contributed by atoms with Crippen LogP contribution >= 0.6 is 0 Å². The van der Waals surface area contributed by atoms with Gasteiger partial charge >= 0.3 is 6.18 Å². The van der Waals surface area contributed by atoms with E-state index < -0.39 is 23.5 Å². The second-order valence-corrected chi connectivity index (χ2v) is 6.83. The van der Waals surface area contributed by atoms with Crippen LogP contribution in [0.1, 0.15) is 23.2 Å². The standard InChI is InChI=1S/C21H21F3N4O3/c1-13(12-30-3)28(2)16-10-9-15(11-25-16)26-19(29)17-18(21(22,23)24)31-20(27-17)14-7-5-4-6-8-14/h4-11,13H,12H2,1-3H3,(H,26,29). The molecule has 1 atom stereocenters. The SMILES string of the molecule is COCC(C)N(C)c1ccc(NC(=O)c2nc(-c3ccccc3)oc2C(F)(F)F)cn1. The molecule has 7 nitrogen and oxygen atoms in total. The molecule has 0 radical (unpaired) electrons. The lowest BCUT2D eigenvalue weighted by Gasteiger charge is -2.25. The molecule has 10 heteroatoms. The first-order valence-corrected chi connectivity index (χ1v) is 9.33. The first kappa shape index (κ1) is 22.3. The number of amides is 1. The summed E-state index contributed by atoms with van der Waals surface area (Å²) in [7, 11) is 3.43. The number of oxazole rings is 1. The Kier molecular flexibility index (Phi) is 6.59. The minimum Gasteiger partial charge on any atom is -0.431 e. The molecule has 1 N–H and O–H groups in total. The number of ether oxygens (including phenoxy) is 1. The molecular formula is C21H21F3N4O3. The summed E-state index contributed by atoms with van der Waals surface area (Å²) in [5.74, 6) is -2.18. The largest absolute Gasteiger partial charge is 0.452 e. The highest BCUT2D eigenvalue weighted by Crippen LogP contribution is 2.35. The van der Waals surface area contributed by atoms with E-state index in [9.17, 15) is 18.0 Å². The van der Waals surface area contributed by atoms with Crippen LogP contribution in [0.2, 0.25) is 0 Å². The van der Waals surface area contributed by atoms with E-state index in [1.54, 1.807) is 37.4 Å². The lowest BCUT2D eigenvalue weighted by Crippen LogP contribution is -2.33. The number of hydrogen-bond donors (Lipinski definition) is 1. The fourth-order valence-corrected chi connectivity index (χ4v) is 2.81. The van der Waals surface area contributed by atoms with Crippen LogP contribution in [0.4, 0.5) is 24.7 Å². The van der Waals surface area contributed by atoms with Crippen LogP contribution in [-0.2, 0) is 10.9 Å². The van der Waals surface area contributed by atoms with Crippen molar-refractivity contribution in [1.82, 2.24) is 9.97 Å². The van der Waals surface area contributed by atoms with Crippen molar-refractivity contribution in [2.45, 2.75) is 19.1 Å². The number of carbonyl (C=O) groups excluding carboxylic acids is 1. The maximum absolute atomic E-state index is 13.4. The number of carbonyl (C=O) groups is 1. The van der Waals surface area contributed by atoms with Gasteiger partial charge in [0.15, 0.2) is 5.69 Å². The average Bonchev–Trinajstić information content (AvgIpc) is 3.21. The number of benzene rings is 1. The predicted molar refractivity (Wildman–Crippen MR) is 109 cm³/mol. The van der Waals surface area contributed by atoms with Crippen molar-refractivity contribution in [2.75, 3.05) is 31.0 Å². The van der Waals surface area contributed by atoms with Gasteiger partial charge in [-0.3, -0.25) is 4.79 Å². The van der Waals surface area contributed by atoms with Crippen LogP contribution < -0.4 is 10.2 Å². The van der Waals surface area contributed by atoms with Gasteiger partial charge in [0.05, 0.1) is 24.5 Å².